The molecule has 1 aromatic carbocycles. The van der Waals surface area contributed by atoms with Gasteiger partial charge in [0.1, 0.15) is 5.69 Å². The van der Waals surface area contributed by atoms with E-state index >= 15 is 0 Å². The first-order valence-electron chi connectivity index (χ1n) is 9.27. The second kappa shape index (κ2) is 9.02. The van der Waals surface area contributed by atoms with Crippen molar-refractivity contribution in [3.05, 3.63) is 35.9 Å². The van der Waals surface area contributed by atoms with Gasteiger partial charge < -0.3 is 19.5 Å². The van der Waals surface area contributed by atoms with Crippen molar-refractivity contribution in [3.63, 3.8) is 0 Å². The van der Waals surface area contributed by atoms with E-state index in [0.717, 1.165) is 35.8 Å². The minimum atomic E-state index is 0.544. The lowest BCUT2D eigenvalue weighted by atomic mass is 9.94. The van der Waals surface area contributed by atoms with Crippen LogP contribution in [0, 0.1) is 0 Å². The summed E-state index contributed by atoms with van der Waals surface area (Å²) in [4.78, 5) is 2.30. The summed E-state index contributed by atoms with van der Waals surface area (Å²) in [5, 5.41) is 7.86. The fourth-order valence-electron chi connectivity index (χ4n) is 3.58. The molecule has 1 aliphatic carbocycles. The monoisotopic (exact) mass is 343 g/mol. The van der Waals surface area contributed by atoms with E-state index in [2.05, 4.69) is 34.6 Å². The molecule has 1 aromatic heterocycles. The molecule has 0 radical (unpaired) electrons. The summed E-state index contributed by atoms with van der Waals surface area (Å²) >= 11 is 0. The fourth-order valence-corrected chi connectivity index (χ4v) is 3.58. The van der Waals surface area contributed by atoms with Gasteiger partial charge in [-0.05, 0) is 12.8 Å². The predicted octanol–water partition coefficient (Wildman–Crippen LogP) is 3.85. The van der Waals surface area contributed by atoms with Gasteiger partial charge in [0.05, 0.1) is 12.2 Å². The number of nitrogens with one attached hydrogen (secondary N) is 1. The van der Waals surface area contributed by atoms with Crippen LogP contribution < -0.4 is 10.2 Å². The van der Waals surface area contributed by atoms with E-state index in [1.54, 1.807) is 7.11 Å². The number of rotatable bonds is 8. The van der Waals surface area contributed by atoms with E-state index in [4.69, 9.17) is 9.26 Å². The van der Waals surface area contributed by atoms with Crippen molar-refractivity contribution in [3.8, 4) is 11.3 Å². The number of hydrogen-bond acceptors (Lipinski definition) is 5. The molecule has 25 heavy (non-hydrogen) atoms. The Balaban J connectivity index is 1.84. The molecule has 0 bridgehead atoms. The third kappa shape index (κ3) is 4.41. The number of methoxy groups -OCH3 is 1. The second-order valence-corrected chi connectivity index (χ2v) is 6.75. The minimum Gasteiger partial charge on any atom is -0.383 e. The van der Waals surface area contributed by atoms with Crippen LogP contribution in [0.5, 0.6) is 0 Å². The lowest BCUT2D eigenvalue weighted by Gasteiger charge is -2.31. The molecule has 5 heteroatoms. The maximum absolute atomic E-state index is 5.83. The van der Waals surface area contributed by atoms with Crippen molar-refractivity contribution in [1.29, 1.82) is 0 Å². The number of nitrogens with zero attached hydrogens (tertiary/aromatic N) is 2. The Bertz CT molecular complexity index is 636. The molecule has 1 fully saturated rings. The summed E-state index contributed by atoms with van der Waals surface area (Å²) in [6.45, 7) is 2.23. The van der Waals surface area contributed by atoms with Crippen LogP contribution >= 0.6 is 0 Å². The Labute approximate surface area is 150 Å². The van der Waals surface area contributed by atoms with E-state index in [-0.39, 0.29) is 0 Å². The van der Waals surface area contributed by atoms with Crippen LogP contribution in [0.3, 0.4) is 0 Å². The zero-order valence-corrected chi connectivity index (χ0v) is 15.3. The third-order valence-electron chi connectivity index (χ3n) is 5.04. The zero-order chi connectivity index (χ0) is 17.5. The van der Waals surface area contributed by atoms with E-state index in [9.17, 15) is 0 Å². The van der Waals surface area contributed by atoms with Crippen LogP contribution in [-0.2, 0) is 11.3 Å². The van der Waals surface area contributed by atoms with Crippen molar-refractivity contribution >= 4 is 5.88 Å². The van der Waals surface area contributed by atoms with E-state index in [1.807, 2.05) is 18.2 Å². The molecule has 0 aliphatic heterocycles. The SMILES string of the molecule is COCCNCc1c(-c2ccccc2)noc1N(C)C1CCCCC1. The molecule has 1 saturated carbocycles. The Hall–Kier alpha value is -1.85. The van der Waals surface area contributed by atoms with Gasteiger partial charge >= 0.3 is 0 Å². The van der Waals surface area contributed by atoms with Gasteiger partial charge in [0.25, 0.3) is 0 Å². The van der Waals surface area contributed by atoms with Gasteiger partial charge in [-0.25, -0.2) is 0 Å². The molecule has 136 valence electrons. The van der Waals surface area contributed by atoms with Crippen LogP contribution in [0.4, 0.5) is 5.88 Å². The van der Waals surface area contributed by atoms with Crippen LogP contribution in [0.2, 0.25) is 0 Å². The van der Waals surface area contributed by atoms with Gasteiger partial charge in [0.15, 0.2) is 0 Å². The first kappa shape index (κ1) is 18.0. The molecular weight excluding hydrogens is 314 g/mol. The average Bonchev–Trinajstić information content (AvgIpc) is 3.10. The highest BCUT2D eigenvalue weighted by Gasteiger charge is 2.26. The van der Waals surface area contributed by atoms with Crippen LogP contribution in [0.25, 0.3) is 11.3 Å². The number of anilines is 1. The highest BCUT2D eigenvalue weighted by molar-refractivity contribution is 5.68. The topological polar surface area (TPSA) is 50.5 Å². The summed E-state index contributed by atoms with van der Waals surface area (Å²) in [6.07, 6.45) is 6.41. The summed E-state index contributed by atoms with van der Waals surface area (Å²) in [5.41, 5.74) is 3.16. The summed E-state index contributed by atoms with van der Waals surface area (Å²) in [7, 11) is 3.86. The number of ether oxygens (including phenoxy) is 1. The standard InChI is InChI=1S/C20H29N3O2/c1-23(17-11-7-4-8-12-17)20-18(15-21-13-14-24-2)19(22-25-20)16-9-5-3-6-10-16/h3,5-6,9-10,17,21H,4,7-8,11-15H2,1-2H3. The Morgan fingerprint density at radius 3 is 2.68 bits per heavy atom. The van der Waals surface area contributed by atoms with Gasteiger partial charge in [0, 0.05) is 38.9 Å². The molecule has 0 unspecified atom stereocenters. The maximum Gasteiger partial charge on any atom is 0.232 e. The molecule has 1 N–H and O–H groups in total. The normalized spacial score (nSPS) is 15.4. The van der Waals surface area contributed by atoms with Gasteiger partial charge in [-0.15, -0.1) is 0 Å². The predicted molar refractivity (Wildman–Crippen MR) is 101 cm³/mol. The van der Waals surface area contributed by atoms with E-state index in [0.29, 0.717) is 12.6 Å². The molecule has 0 spiro atoms. The second-order valence-electron chi connectivity index (χ2n) is 6.75. The van der Waals surface area contributed by atoms with Crippen molar-refractivity contribution < 1.29 is 9.26 Å². The van der Waals surface area contributed by atoms with Crippen molar-refractivity contribution in [2.75, 3.05) is 32.2 Å². The highest BCUT2D eigenvalue weighted by Crippen LogP contribution is 2.34. The van der Waals surface area contributed by atoms with Crippen LogP contribution in [-0.4, -0.2) is 38.5 Å². The summed E-state index contributed by atoms with van der Waals surface area (Å²) < 4.78 is 11.0. The van der Waals surface area contributed by atoms with E-state index in [1.165, 1.54) is 32.1 Å². The number of benzene rings is 1. The van der Waals surface area contributed by atoms with Gasteiger partial charge in [-0.2, -0.15) is 0 Å². The molecular formula is C20H29N3O2. The Morgan fingerprint density at radius 1 is 1.20 bits per heavy atom. The average molecular weight is 343 g/mol. The summed E-state index contributed by atoms with van der Waals surface area (Å²) in [6, 6.07) is 10.8. The lowest BCUT2D eigenvalue weighted by Crippen LogP contribution is -2.34. The quantitative estimate of drug-likeness (QED) is 0.738. The molecule has 1 aliphatic rings. The lowest BCUT2D eigenvalue weighted by molar-refractivity contribution is 0.199. The van der Waals surface area contributed by atoms with Crippen molar-refractivity contribution in [1.82, 2.24) is 10.5 Å². The molecule has 0 saturated heterocycles. The molecule has 0 atom stereocenters. The molecule has 1 heterocycles. The molecule has 0 amide bonds. The highest BCUT2D eigenvalue weighted by atomic mass is 16.5. The smallest absolute Gasteiger partial charge is 0.232 e. The first-order chi connectivity index (χ1) is 12.3. The first-order valence-corrected chi connectivity index (χ1v) is 9.27. The van der Waals surface area contributed by atoms with Crippen LogP contribution in [0.1, 0.15) is 37.7 Å². The Morgan fingerprint density at radius 2 is 1.96 bits per heavy atom. The van der Waals surface area contributed by atoms with Gasteiger partial charge in [-0.3, -0.25) is 0 Å². The summed E-state index contributed by atoms with van der Waals surface area (Å²) in [5.74, 6) is 0.899. The van der Waals surface area contributed by atoms with E-state index < -0.39 is 0 Å². The van der Waals surface area contributed by atoms with Crippen molar-refractivity contribution in [2.45, 2.75) is 44.7 Å². The van der Waals surface area contributed by atoms with Crippen LogP contribution in [0.15, 0.2) is 34.9 Å². The number of hydrogen-bond donors (Lipinski definition) is 1. The number of aromatic nitrogens is 1. The minimum absolute atomic E-state index is 0.544. The van der Waals surface area contributed by atoms with Gasteiger partial charge in [-0.1, -0.05) is 54.8 Å². The van der Waals surface area contributed by atoms with Crippen molar-refractivity contribution in [2.24, 2.45) is 0 Å². The van der Waals surface area contributed by atoms with Gasteiger partial charge in [0.2, 0.25) is 5.88 Å². The third-order valence-corrected chi connectivity index (χ3v) is 5.04. The Kier molecular flexibility index (Phi) is 6.48. The largest absolute Gasteiger partial charge is 0.383 e. The molecule has 5 nitrogen and oxygen atoms in total. The molecule has 2 aromatic rings. The maximum atomic E-state index is 5.83. The molecule has 3 rings (SSSR count). The zero-order valence-electron chi connectivity index (χ0n) is 15.3. The fraction of sp³-hybridized carbons (Fsp3) is 0.550.